The molecule has 2 heteroatoms. The summed E-state index contributed by atoms with van der Waals surface area (Å²) in [7, 11) is 0. The second-order valence-corrected chi connectivity index (χ2v) is 5.47. The monoisotopic (exact) mass is 223 g/mol. The Kier molecular flexibility index (Phi) is 4.42. The van der Waals surface area contributed by atoms with Crippen LogP contribution in [0.3, 0.4) is 0 Å². The zero-order chi connectivity index (χ0) is 11.4. The van der Waals surface area contributed by atoms with Crippen molar-refractivity contribution in [3.63, 3.8) is 0 Å². The van der Waals surface area contributed by atoms with E-state index < -0.39 is 0 Å². The molecule has 0 aromatic heterocycles. The van der Waals surface area contributed by atoms with Crippen molar-refractivity contribution >= 4 is 0 Å². The summed E-state index contributed by atoms with van der Waals surface area (Å²) in [6, 6.07) is 0.322. The first-order valence-corrected chi connectivity index (χ1v) is 6.86. The van der Waals surface area contributed by atoms with Gasteiger partial charge in [0.05, 0.1) is 6.61 Å². The van der Waals surface area contributed by atoms with Crippen LogP contribution in [0.1, 0.15) is 39.0 Å². The molecule has 92 valence electrons. The fourth-order valence-corrected chi connectivity index (χ4v) is 3.16. The van der Waals surface area contributed by atoms with Crippen LogP contribution in [-0.4, -0.2) is 24.3 Å². The lowest BCUT2D eigenvalue weighted by atomic mass is 9.93. The van der Waals surface area contributed by atoms with Crippen molar-refractivity contribution < 1.29 is 5.11 Å². The summed E-state index contributed by atoms with van der Waals surface area (Å²) < 4.78 is 0. The van der Waals surface area contributed by atoms with Crippen molar-refractivity contribution in [2.75, 3.05) is 13.2 Å². The van der Waals surface area contributed by atoms with E-state index in [2.05, 4.69) is 24.4 Å². The van der Waals surface area contributed by atoms with E-state index in [-0.39, 0.29) is 6.61 Å². The summed E-state index contributed by atoms with van der Waals surface area (Å²) >= 11 is 0. The molecule has 2 rings (SSSR count). The zero-order valence-electron chi connectivity index (χ0n) is 10.4. The van der Waals surface area contributed by atoms with Crippen LogP contribution in [0.25, 0.3) is 0 Å². The van der Waals surface area contributed by atoms with E-state index in [1.54, 1.807) is 0 Å². The van der Waals surface area contributed by atoms with Crippen LogP contribution in [0.4, 0.5) is 0 Å². The summed E-state index contributed by atoms with van der Waals surface area (Å²) in [5, 5.41) is 12.8. The van der Waals surface area contributed by atoms with Gasteiger partial charge >= 0.3 is 0 Å². The topological polar surface area (TPSA) is 32.3 Å². The molecule has 0 aromatic rings. The minimum Gasteiger partial charge on any atom is -0.395 e. The van der Waals surface area contributed by atoms with Crippen LogP contribution in [0.2, 0.25) is 0 Å². The number of nitrogens with one attached hydrogen (secondary N) is 1. The minimum absolute atomic E-state index is 0.288. The van der Waals surface area contributed by atoms with Gasteiger partial charge in [-0.05, 0) is 43.6 Å². The highest BCUT2D eigenvalue weighted by molar-refractivity contribution is 5.10. The molecule has 0 aliphatic heterocycles. The fraction of sp³-hybridized carbons (Fsp3) is 0.857. The highest BCUT2D eigenvalue weighted by Gasteiger charge is 2.35. The first-order chi connectivity index (χ1) is 7.83. The average molecular weight is 223 g/mol. The SMILES string of the molecule is CCCCC(CO)NCC1CC2C=CC1C2. The maximum atomic E-state index is 9.28. The molecule has 0 saturated heterocycles. The Morgan fingerprint density at radius 2 is 2.25 bits per heavy atom. The summed E-state index contributed by atoms with van der Waals surface area (Å²) in [5.41, 5.74) is 0. The molecule has 4 atom stereocenters. The molecule has 2 aliphatic carbocycles. The van der Waals surface area contributed by atoms with Crippen molar-refractivity contribution in [1.82, 2.24) is 5.32 Å². The van der Waals surface area contributed by atoms with Gasteiger partial charge in [-0.1, -0.05) is 31.9 Å². The van der Waals surface area contributed by atoms with E-state index >= 15 is 0 Å². The Hall–Kier alpha value is -0.340. The van der Waals surface area contributed by atoms with Gasteiger partial charge in [-0.25, -0.2) is 0 Å². The van der Waals surface area contributed by atoms with E-state index in [9.17, 15) is 5.11 Å². The largest absolute Gasteiger partial charge is 0.395 e. The smallest absolute Gasteiger partial charge is 0.0584 e. The van der Waals surface area contributed by atoms with Gasteiger partial charge in [0.2, 0.25) is 0 Å². The van der Waals surface area contributed by atoms with E-state index in [4.69, 9.17) is 0 Å². The molecule has 0 radical (unpaired) electrons. The lowest BCUT2D eigenvalue weighted by Crippen LogP contribution is -2.37. The Morgan fingerprint density at radius 1 is 1.38 bits per heavy atom. The molecule has 0 heterocycles. The number of unbranched alkanes of at least 4 members (excludes halogenated alkanes) is 1. The van der Waals surface area contributed by atoms with Gasteiger partial charge < -0.3 is 10.4 Å². The first kappa shape index (κ1) is 12.1. The standard InChI is InChI=1S/C14H25NO/c1-2-3-4-14(10-16)15-9-13-8-11-5-6-12(13)7-11/h5-6,11-16H,2-4,7-10H2,1H3. The Balaban J connectivity index is 1.68. The van der Waals surface area contributed by atoms with Crippen molar-refractivity contribution in [3.05, 3.63) is 12.2 Å². The van der Waals surface area contributed by atoms with Gasteiger partial charge in [0, 0.05) is 6.04 Å². The van der Waals surface area contributed by atoms with Gasteiger partial charge in [-0.3, -0.25) is 0 Å². The van der Waals surface area contributed by atoms with Crippen LogP contribution >= 0.6 is 0 Å². The Morgan fingerprint density at radius 3 is 2.81 bits per heavy atom. The van der Waals surface area contributed by atoms with Crippen molar-refractivity contribution in [1.29, 1.82) is 0 Å². The van der Waals surface area contributed by atoms with E-state index in [1.165, 1.54) is 25.7 Å². The van der Waals surface area contributed by atoms with Gasteiger partial charge in [0.1, 0.15) is 0 Å². The third kappa shape index (κ3) is 2.86. The number of hydrogen-bond donors (Lipinski definition) is 2. The normalized spacial score (nSPS) is 33.5. The van der Waals surface area contributed by atoms with Crippen molar-refractivity contribution in [2.24, 2.45) is 17.8 Å². The molecule has 1 fully saturated rings. The first-order valence-electron chi connectivity index (χ1n) is 6.86. The van der Waals surface area contributed by atoms with Gasteiger partial charge in [-0.15, -0.1) is 0 Å². The quantitative estimate of drug-likeness (QED) is 0.649. The van der Waals surface area contributed by atoms with Gasteiger partial charge in [0.25, 0.3) is 0 Å². The summed E-state index contributed by atoms with van der Waals surface area (Å²) in [5.74, 6) is 2.51. The minimum atomic E-state index is 0.288. The van der Waals surface area contributed by atoms with Crippen LogP contribution in [0.15, 0.2) is 12.2 Å². The number of hydrogen-bond acceptors (Lipinski definition) is 2. The van der Waals surface area contributed by atoms with Crippen LogP contribution in [0.5, 0.6) is 0 Å². The second-order valence-electron chi connectivity index (χ2n) is 5.47. The number of aliphatic hydroxyl groups excluding tert-OH is 1. The lowest BCUT2D eigenvalue weighted by Gasteiger charge is -2.22. The Labute approximate surface area is 99.1 Å². The molecule has 0 aromatic carbocycles. The summed E-state index contributed by atoms with van der Waals surface area (Å²) in [6.07, 6.45) is 11.1. The maximum Gasteiger partial charge on any atom is 0.0584 e. The molecule has 0 amide bonds. The number of rotatable bonds is 7. The number of fused-ring (bicyclic) bond motifs is 2. The lowest BCUT2D eigenvalue weighted by molar-refractivity contribution is 0.224. The number of aliphatic hydroxyl groups is 1. The predicted molar refractivity (Wildman–Crippen MR) is 67.2 cm³/mol. The van der Waals surface area contributed by atoms with E-state index in [0.29, 0.717) is 6.04 Å². The molecule has 4 unspecified atom stereocenters. The highest BCUT2D eigenvalue weighted by Crippen LogP contribution is 2.42. The van der Waals surface area contributed by atoms with Crippen molar-refractivity contribution in [2.45, 2.75) is 45.1 Å². The van der Waals surface area contributed by atoms with E-state index in [1.807, 2.05) is 0 Å². The average Bonchev–Trinajstić information content (AvgIpc) is 2.91. The van der Waals surface area contributed by atoms with Crippen LogP contribution in [0, 0.1) is 17.8 Å². The highest BCUT2D eigenvalue weighted by atomic mass is 16.3. The summed E-state index contributed by atoms with van der Waals surface area (Å²) in [4.78, 5) is 0. The third-order valence-corrected chi connectivity index (χ3v) is 4.21. The third-order valence-electron chi connectivity index (χ3n) is 4.21. The van der Waals surface area contributed by atoms with Crippen LogP contribution < -0.4 is 5.32 Å². The summed E-state index contributed by atoms with van der Waals surface area (Å²) in [6.45, 7) is 3.59. The molecule has 16 heavy (non-hydrogen) atoms. The Bertz CT molecular complexity index is 239. The molecular formula is C14H25NO. The van der Waals surface area contributed by atoms with Gasteiger partial charge in [0.15, 0.2) is 0 Å². The maximum absolute atomic E-state index is 9.28. The zero-order valence-corrected chi connectivity index (χ0v) is 10.4. The molecule has 0 spiro atoms. The second kappa shape index (κ2) is 5.83. The van der Waals surface area contributed by atoms with E-state index in [0.717, 1.165) is 30.7 Å². The van der Waals surface area contributed by atoms with Crippen LogP contribution in [-0.2, 0) is 0 Å². The van der Waals surface area contributed by atoms with Crippen molar-refractivity contribution in [3.8, 4) is 0 Å². The molecule has 1 saturated carbocycles. The fourth-order valence-electron chi connectivity index (χ4n) is 3.16. The molecular weight excluding hydrogens is 198 g/mol. The molecule has 2 bridgehead atoms. The molecule has 2 N–H and O–H groups in total. The van der Waals surface area contributed by atoms with Gasteiger partial charge in [-0.2, -0.15) is 0 Å². The number of allylic oxidation sites excluding steroid dienone is 2. The molecule has 2 nitrogen and oxygen atoms in total. The predicted octanol–water partition coefficient (Wildman–Crippen LogP) is 2.34. The molecule has 2 aliphatic rings.